The van der Waals surface area contributed by atoms with Crippen LogP contribution in [0.2, 0.25) is 0 Å². The molecule has 0 unspecified atom stereocenters. The van der Waals surface area contributed by atoms with Crippen LogP contribution < -0.4 is 15.5 Å². The molecule has 1 amide bonds. The van der Waals surface area contributed by atoms with Crippen LogP contribution in [-0.2, 0) is 4.79 Å². The van der Waals surface area contributed by atoms with Crippen LogP contribution in [0.1, 0.15) is 28.8 Å². The van der Waals surface area contributed by atoms with Gasteiger partial charge in [0.1, 0.15) is 12.6 Å². The molecule has 37 heavy (non-hydrogen) atoms. The number of aromatic nitrogens is 2. The van der Waals surface area contributed by atoms with Gasteiger partial charge in [-0.2, -0.15) is 5.26 Å². The Kier molecular flexibility index (Phi) is 8.69. The maximum absolute atomic E-state index is 12.4. The molecule has 2 aromatic carbocycles. The molecule has 8 nitrogen and oxygen atoms in total. The smallest absolute Gasteiger partial charge is 0.252 e. The average molecular weight is 519 g/mol. The van der Waals surface area contributed by atoms with Crippen molar-refractivity contribution in [3.63, 3.8) is 0 Å². The zero-order chi connectivity index (χ0) is 26.2. The number of carbonyl (C=O) groups excluding carboxylic acids is 2. The summed E-state index contributed by atoms with van der Waals surface area (Å²) < 4.78 is 12.4. The number of hydrogen-bond donors (Lipinski definition) is 2. The maximum atomic E-state index is 12.4. The van der Waals surface area contributed by atoms with Crippen molar-refractivity contribution in [2.75, 3.05) is 35.9 Å². The summed E-state index contributed by atoms with van der Waals surface area (Å²) >= 11 is 0.772. The summed E-state index contributed by atoms with van der Waals surface area (Å²) in [5, 5.41) is 14.3. The molecule has 0 bridgehead atoms. The van der Waals surface area contributed by atoms with Crippen molar-refractivity contribution in [1.29, 1.82) is 5.26 Å². The predicted molar refractivity (Wildman–Crippen MR) is 143 cm³/mol. The normalized spacial score (nSPS) is 13.6. The van der Waals surface area contributed by atoms with Crippen LogP contribution in [0.5, 0.6) is 0 Å². The second-order valence-electron chi connectivity index (χ2n) is 8.65. The second kappa shape index (κ2) is 12.3. The summed E-state index contributed by atoms with van der Waals surface area (Å²) in [5.74, 6) is 0.0867. The van der Waals surface area contributed by atoms with E-state index in [2.05, 4.69) is 25.5 Å². The summed E-state index contributed by atoms with van der Waals surface area (Å²) in [4.78, 5) is 35.3. The Morgan fingerprint density at radius 1 is 1.14 bits per heavy atom. The Balaban J connectivity index is 1.40. The molecule has 2 N–H and O–H groups in total. The van der Waals surface area contributed by atoms with E-state index in [-0.39, 0.29) is 23.5 Å². The van der Waals surface area contributed by atoms with Crippen molar-refractivity contribution in [3.8, 4) is 17.3 Å². The number of piperidine rings is 1. The maximum Gasteiger partial charge on any atom is 0.252 e. The van der Waals surface area contributed by atoms with Crippen LogP contribution in [0, 0.1) is 24.2 Å². The number of carbonyl (C=O) groups is 2. The SMILES string of the molecule is Cc1cnc(Nc2ccc(N3CCC(C(=O)SCF)CC3)cc2)nc1-c1ccc(C(=O)NCC#N)cc1. The van der Waals surface area contributed by atoms with Gasteiger partial charge in [-0.3, -0.25) is 9.59 Å². The van der Waals surface area contributed by atoms with Gasteiger partial charge >= 0.3 is 0 Å². The third-order valence-corrected chi connectivity index (χ3v) is 6.96. The lowest BCUT2D eigenvalue weighted by molar-refractivity contribution is -0.114. The van der Waals surface area contributed by atoms with Gasteiger partial charge in [-0.1, -0.05) is 23.9 Å². The Hall–Kier alpha value is -3.97. The summed E-state index contributed by atoms with van der Waals surface area (Å²) in [6.07, 6.45) is 3.22. The molecule has 0 spiro atoms. The van der Waals surface area contributed by atoms with E-state index in [1.54, 1.807) is 18.3 Å². The number of hydrogen-bond acceptors (Lipinski definition) is 8. The van der Waals surface area contributed by atoms with Gasteiger partial charge in [0.25, 0.3) is 5.91 Å². The number of halogens is 1. The summed E-state index contributed by atoms with van der Waals surface area (Å²) in [5.41, 5.74) is 4.88. The average Bonchev–Trinajstić information content (AvgIpc) is 2.93. The third kappa shape index (κ3) is 6.62. The number of nitriles is 1. The van der Waals surface area contributed by atoms with Crippen LogP contribution in [-0.4, -0.2) is 46.6 Å². The molecule has 4 rings (SSSR count). The predicted octanol–water partition coefficient (Wildman–Crippen LogP) is 4.85. The van der Waals surface area contributed by atoms with E-state index in [1.165, 1.54) is 0 Å². The molecule has 0 aliphatic carbocycles. The molecule has 0 radical (unpaired) electrons. The van der Waals surface area contributed by atoms with Crippen molar-refractivity contribution in [2.24, 2.45) is 5.92 Å². The van der Waals surface area contributed by atoms with E-state index in [1.807, 2.05) is 49.4 Å². The number of benzene rings is 2. The monoisotopic (exact) mass is 518 g/mol. The van der Waals surface area contributed by atoms with Crippen molar-refractivity contribution in [2.45, 2.75) is 19.8 Å². The molecule has 10 heteroatoms. The van der Waals surface area contributed by atoms with Crippen molar-refractivity contribution >= 4 is 40.1 Å². The Bertz CT molecular complexity index is 1290. The van der Waals surface area contributed by atoms with Crippen LogP contribution in [0.3, 0.4) is 0 Å². The van der Waals surface area contributed by atoms with Gasteiger partial charge in [0.2, 0.25) is 5.95 Å². The summed E-state index contributed by atoms with van der Waals surface area (Å²) in [7, 11) is 0. The number of rotatable bonds is 8. The number of nitrogens with zero attached hydrogens (tertiary/aromatic N) is 4. The molecule has 1 fully saturated rings. The Morgan fingerprint density at radius 2 is 1.84 bits per heavy atom. The minimum atomic E-state index is -0.658. The van der Waals surface area contributed by atoms with Crippen LogP contribution >= 0.6 is 11.8 Å². The van der Waals surface area contributed by atoms with E-state index in [4.69, 9.17) is 5.26 Å². The van der Waals surface area contributed by atoms with Gasteiger partial charge in [0.05, 0.1) is 11.8 Å². The Morgan fingerprint density at radius 3 is 2.49 bits per heavy atom. The lowest BCUT2D eigenvalue weighted by atomic mass is 9.98. The molecule has 1 aliphatic heterocycles. The quantitative estimate of drug-likeness (QED) is 0.407. The molecule has 1 aliphatic rings. The minimum Gasteiger partial charge on any atom is -0.371 e. The first-order valence-corrected chi connectivity index (χ1v) is 12.9. The zero-order valence-electron chi connectivity index (χ0n) is 20.4. The van der Waals surface area contributed by atoms with Gasteiger partial charge in [0.15, 0.2) is 5.12 Å². The molecule has 190 valence electrons. The molecule has 0 atom stereocenters. The minimum absolute atomic E-state index is 0.0397. The lowest BCUT2D eigenvalue weighted by Gasteiger charge is -2.32. The molecule has 1 saturated heterocycles. The van der Waals surface area contributed by atoms with E-state index in [9.17, 15) is 14.0 Å². The van der Waals surface area contributed by atoms with Gasteiger partial charge in [-0.15, -0.1) is 0 Å². The van der Waals surface area contributed by atoms with E-state index < -0.39 is 6.01 Å². The lowest BCUT2D eigenvalue weighted by Crippen LogP contribution is -2.35. The highest BCUT2D eigenvalue weighted by Gasteiger charge is 2.25. The largest absolute Gasteiger partial charge is 0.371 e. The first-order valence-electron chi connectivity index (χ1n) is 11.9. The molecule has 0 saturated carbocycles. The van der Waals surface area contributed by atoms with Crippen molar-refractivity contribution in [3.05, 3.63) is 65.9 Å². The fourth-order valence-electron chi connectivity index (χ4n) is 4.23. The highest BCUT2D eigenvalue weighted by atomic mass is 32.2. The number of nitrogens with one attached hydrogen (secondary N) is 2. The van der Waals surface area contributed by atoms with E-state index >= 15 is 0 Å². The highest BCUT2D eigenvalue weighted by molar-refractivity contribution is 8.13. The van der Waals surface area contributed by atoms with Gasteiger partial charge in [-0.25, -0.2) is 14.4 Å². The zero-order valence-corrected chi connectivity index (χ0v) is 21.2. The number of aryl methyl sites for hydroxylation is 1. The van der Waals surface area contributed by atoms with E-state index in [0.717, 1.165) is 65.9 Å². The fourth-order valence-corrected chi connectivity index (χ4v) is 4.80. The molecule has 1 aromatic heterocycles. The number of thioether (sulfide) groups is 1. The van der Waals surface area contributed by atoms with E-state index in [0.29, 0.717) is 11.5 Å². The van der Waals surface area contributed by atoms with Crippen LogP contribution in [0.15, 0.2) is 54.7 Å². The fraction of sp³-hybridized carbons (Fsp3) is 0.296. The molecule has 2 heterocycles. The molecular weight excluding hydrogens is 491 g/mol. The first kappa shape index (κ1) is 26.1. The van der Waals surface area contributed by atoms with Gasteiger partial charge in [-0.05, 0) is 61.7 Å². The van der Waals surface area contributed by atoms with Gasteiger partial charge in [0, 0.05) is 47.7 Å². The van der Waals surface area contributed by atoms with Gasteiger partial charge < -0.3 is 15.5 Å². The third-order valence-electron chi connectivity index (χ3n) is 6.23. The first-order chi connectivity index (χ1) is 18.0. The standard InChI is InChI=1S/C27H27FN6O2S/c1-18-16-31-27(33-24(18)19-2-4-20(5-3-19)25(35)30-13-12-29)32-22-6-8-23(9-7-22)34-14-10-21(11-15-34)26(36)37-17-28/h2-9,16,21H,10-11,13-15,17H2,1H3,(H,30,35)(H,31,32,33). The van der Waals surface area contributed by atoms with Crippen LogP contribution in [0.25, 0.3) is 11.3 Å². The number of amides is 1. The Labute approximate surface area is 219 Å². The van der Waals surface area contributed by atoms with Crippen molar-refractivity contribution in [1.82, 2.24) is 15.3 Å². The summed E-state index contributed by atoms with van der Waals surface area (Å²) in [6, 6.07) is 16.2. The topological polar surface area (TPSA) is 111 Å². The second-order valence-corrected chi connectivity index (χ2v) is 9.56. The van der Waals surface area contributed by atoms with Crippen molar-refractivity contribution < 1.29 is 14.0 Å². The van der Waals surface area contributed by atoms with Crippen LogP contribution in [0.4, 0.5) is 21.7 Å². The number of anilines is 3. The highest BCUT2D eigenvalue weighted by Crippen LogP contribution is 2.28. The molecule has 3 aromatic rings. The summed E-state index contributed by atoms with van der Waals surface area (Å²) in [6.45, 7) is 3.41. The molecular formula is C27H27FN6O2S. The number of alkyl halides is 1.